The first-order valence-electron chi connectivity index (χ1n) is 6.76. The quantitative estimate of drug-likeness (QED) is 0.906. The van der Waals surface area contributed by atoms with Gasteiger partial charge in [-0.2, -0.15) is 0 Å². The summed E-state index contributed by atoms with van der Waals surface area (Å²) in [5, 5.41) is 4.05. The molecule has 1 unspecified atom stereocenters. The van der Waals surface area contributed by atoms with Gasteiger partial charge in [0.25, 0.3) is 0 Å². The second kappa shape index (κ2) is 6.83. The molecule has 2 rings (SSSR count). The predicted octanol–water partition coefficient (Wildman–Crippen LogP) is 3.97. The van der Waals surface area contributed by atoms with Crippen LogP contribution in [0.5, 0.6) is 11.5 Å². The molecule has 0 saturated heterocycles. The number of rotatable bonds is 5. The van der Waals surface area contributed by atoms with Crippen molar-refractivity contribution in [3.8, 4) is 11.5 Å². The molecule has 4 heteroatoms. The molecule has 0 fully saturated rings. The van der Waals surface area contributed by atoms with Crippen LogP contribution in [0.15, 0.2) is 36.4 Å². The molecule has 0 radical (unpaired) electrons. The highest BCUT2D eigenvalue weighted by atomic mass is 35.5. The lowest BCUT2D eigenvalue weighted by Gasteiger charge is -2.22. The maximum Gasteiger partial charge on any atom is 0.124 e. The van der Waals surface area contributed by atoms with Crippen molar-refractivity contribution in [2.24, 2.45) is 0 Å². The number of benzene rings is 2. The summed E-state index contributed by atoms with van der Waals surface area (Å²) in [7, 11) is 5.25. The van der Waals surface area contributed by atoms with Crippen molar-refractivity contribution in [1.29, 1.82) is 0 Å². The zero-order valence-corrected chi connectivity index (χ0v) is 13.5. The van der Waals surface area contributed by atoms with Crippen molar-refractivity contribution in [2.45, 2.75) is 13.0 Å². The summed E-state index contributed by atoms with van der Waals surface area (Å²) in [6.07, 6.45) is 0. The molecule has 21 heavy (non-hydrogen) atoms. The molecule has 0 amide bonds. The average molecular weight is 306 g/mol. The smallest absolute Gasteiger partial charge is 0.124 e. The van der Waals surface area contributed by atoms with Gasteiger partial charge < -0.3 is 14.8 Å². The predicted molar refractivity (Wildman–Crippen MR) is 86.6 cm³/mol. The van der Waals surface area contributed by atoms with E-state index in [4.69, 9.17) is 21.1 Å². The first-order valence-corrected chi connectivity index (χ1v) is 7.13. The van der Waals surface area contributed by atoms with Crippen molar-refractivity contribution in [3.63, 3.8) is 0 Å². The van der Waals surface area contributed by atoms with Crippen molar-refractivity contribution in [2.75, 3.05) is 21.3 Å². The maximum absolute atomic E-state index is 6.15. The molecular formula is C17H20ClNO2. The molecule has 0 aliphatic heterocycles. The second-order valence-corrected chi connectivity index (χ2v) is 5.27. The number of halogens is 1. The van der Waals surface area contributed by atoms with Crippen molar-refractivity contribution in [3.05, 3.63) is 58.1 Å². The van der Waals surface area contributed by atoms with E-state index in [1.54, 1.807) is 14.2 Å². The molecule has 0 heterocycles. The third-order valence-electron chi connectivity index (χ3n) is 3.59. The highest BCUT2D eigenvalue weighted by molar-refractivity contribution is 6.30. The van der Waals surface area contributed by atoms with E-state index in [0.717, 1.165) is 27.6 Å². The normalized spacial score (nSPS) is 12.0. The Morgan fingerprint density at radius 3 is 2.38 bits per heavy atom. The fraction of sp³-hybridized carbons (Fsp3) is 0.294. The van der Waals surface area contributed by atoms with Crippen LogP contribution in [0, 0.1) is 6.92 Å². The minimum absolute atomic E-state index is 0.0197. The Morgan fingerprint density at radius 2 is 1.76 bits per heavy atom. The minimum atomic E-state index is -0.0197. The van der Waals surface area contributed by atoms with Gasteiger partial charge in [-0.15, -0.1) is 0 Å². The lowest BCUT2D eigenvalue weighted by molar-refractivity contribution is 0.395. The van der Waals surface area contributed by atoms with Crippen LogP contribution in [-0.2, 0) is 0 Å². The van der Waals surface area contributed by atoms with E-state index in [1.165, 1.54) is 5.56 Å². The molecule has 1 N–H and O–H groups in total. The van der Waals surface area contributed by atoms with Gasteiger partial charge in [0, 0.05) is 10.6 Å². The van der Waals surface area contributed by atoms with Gasteiger partial charge in [0.15, 0.2) is 0 Å². The van der Waals surface area contributed by atoms with Crippen molar-refractivity contribution >= 4 is 11.6 Å². The van der Waals surface area contributed by atoms with Crippen LogP contribution in [0.1, 0.15) is 22.7 Å². The summed E-state index contributed by atoms with van der Waals surface area (Å²) in [6.45, 7) is 2.07. The monoisotopic (exact) mass is 305 g/mol. The Bertz CT molecular complexity index is 628. The fourth-order valence-corrected chi connectivity index (χ4v) is 2.65. The summed E-state index contributed by atoms with van der Waals surface area (Å²) in [5.41, 5.74) is 3.31. The third kappa shape index (κ3) is 3.31. The maximum atomic E-state index is 6.15. The van der Waals surface area contributed by atoms with Crippen LogP contribution in [-0.4, -0.2) is 21.3 Å². The number of ether oxygens (including phenoxy) is 2. The van der Waals surface area contributed by atoms with Gasteiger partial charge >= 0.3 is 0 Å². The van der Waals surface area contributed by atoms with Crippen LogP contribution >= 0.6 is 11.6 Å². The van der Waals surface area contributed by atoms with Gasteiger partial charge in [-0.25, -0.2) is 0 Å². The first-order chi connectivity index (χ1) is 10.1. The third-order valence-corrected chi connectivity index (χ3v) is 3.82. The average Bonchev–Trinajstić information content (AvgIpc) is 2.51. The molecule has 2 aromatic rings. The molecule has 1 atom stereocenters. The largest absolute Gasteiger partial charge is 0.497 e. The molecule has 0 bridgehead atoms. The molecule has 0 spiro atoms. The molecule has 2 aromatic carbocycles. The van der Waals surface area contributed by atoms with Crippen LogP contribution < -0.4 is 14.8 Å². The lowest BCUT2D eigenvalue weighted by Crippen LogP contribution is -2.19. The van der Waals surface area contributed by atoms with E-state index < -0.39 is 0 Å². The molecule has 0 aromatic heterocycles. The standard InChI is InChI=1S/C17H20ClNO2/c1-11-5-6-12(18)9-14(11)17(19-2)15-10-13(20-3)7-8-16(15)21-4/h5-10,17,19H,1-4H3. The fourth-order valence-electron chi connectivity index (χ4n) is 2.47. The van der Waals surface area contributed by atoms with Crippen LogP contribution in [0.25, 0.3) is 0 Å². The Labute approximate surface area is 130 Å². The van der Waals surface area contributed by atoms with E-state index >= 15 is 0 Å². The van der Waals surface area contributed by atoms with Crippen LogP contribution in [0.3, 0.4) is 0 Å². The van der Waals surface area contributed by atoms with E-state index in [9.17, 15) is 0 Å². The Morgan fingerprint density at radius 1 is 1.00 bits per heavy atom. The Balaban J connectivity index is 2.57. The summed E-state index contributed by atoms with van der Waals surface area (Å²) < 4.78 is 10.8. The summed E-state index contributed by atoms with van der Waals surface area (Å²) in [6, 6.07) is 11.7. The zero-order valence-electron chi connectivity index (χ0n) is 12.7. The van der Waals surface area contributed by atoms with Gasteiger partial charge in [0.05, 0.1) is 20.3 Å². The second-order valence-electron chi connectivity index (χ2n) is 4.83. The minimum Gasteiger partial charge on any atom is -0.497 e. The van der Waals surface area contributed by atoms with Crippen LogP contribution in [0.2, 0.25) is 5.02 Å². The molecule has 0 aliphatic carbocycles. The number of nitrogens with one attached hydrogen (secondary N) is 1. The van der Waals surface area contributed by atoms with Crippen LogP contribution in [0.4, 0.5) is 0 Å². The lowest BCUT2D eigenvalue weighted by atomic mass is 9.94. The topological polar surface area (TPSA) is 30.5 Å². The molecule has 0 aliphatic rings. The SMILES string of the molecule is CNC(c1cc(Cl)ccc1C)c1cc(OC)ccc1OC. The van der Waals surface area contributed by atoms with Crippen molar-refractivity contribution < 1.29 is 9.47 Å². The number of hydrogen-bond acceptors (Lipinski definition) is 3. The molecular weight excluding hydrogens is 286 g/mol. The van der Waals surface area contributed by atoms with Crippen molar-refractivity contribution in [1.82, 2.24) is 5.32 Å². The zero-order chi connectivity index (χ0) is 15.4. The molecule has 0 saturated carbocycles. The van der Waals surface area contributed by atoms with E-state index in [2.05, 4.69) is 12.2 Å². The summed E-state index contributed by atoms with van der Waals surface area (Å²) in [4.78, 5) is 0. The Hall–Kier alpha value is -1.71. The van der Waals surface area contributed by atoms with Gasteiger partial charge in [-0.1, -0.05) is 17.7 Å². The number of hydrogen-bond donors (Lipinski definition) is 1. The number of aryl methyl sites for hydroxylation is 1. The molecule has 112 valence electrons. The highest BCUT2D eigenvalue weighted by Gasteiger charge is 2.19. The highest BCUT2D eigenvalue weighted by Crippen LogP contribution is 2.35. The van der Waals surface area contributed by atoms with Gasteiger partial charge in [-0.3, -0.25) is 0 Å². The first kappa shape index (κ1) is 15.7. The van der Waals surface area contributed by atoms with Gasteiger partial charge in [-0.05, 0) is 55.4 Å². The van der Waals surface area contributed by atoms with E-state index in [0.29, 0.717) is 0 Å². The van der Waals surface area contributed by atoms with E-state index in [1.807, 2.05) is 43.4 Å². The molecule has 3 nitrogen and oxygen atoms in total. The summed E-state index contributed by atoms with van der Waals surface area (Å²) in [5.74, 6) is 1.61. The van der Waals surface area contributed by atoms with Gasteiger partial charge in [0.1, 0.15) is 11.5 Å². The van der Waals surface area contributed by atoms with E-state index in [-0.39, 0.29) is 6.04 Å². The van der Waals surface area contributed by atoms with Gasteiger partial charge in [0.2, 0.25) is 0 Å². The number of methoxy groups -OCH3 is 2. The Kier molecular flexibility index (Phi) is 5.10. The summed E-state index contributed by atoms with van der Waals surface area (Å²) >= 11 is 6.15.